The fraction of sp³-hybridized carbons (Fsp3) is 0.520. The molecule has 3 aromatic rings. The van der Waals surface area contributed by atoms with Crippen LogP contribution in [-0.4, -0.2) is 31.4 Å². The third-order valence-electron chi connectivity index (χ3n) is 7.23. The largest absolute Gasteiger partial charge is 0.481 e. The number of benzene rings is 1. The Morgan fingerprint density at radius 3 is 2.59 bits per heavy atom. The fourth-order valence-corrected chi connectivity index (χ4v) is 5.21. The monoisotopic (exact) mass is 434 g/mol. The SMILES string of the molecule is Cc1ccccc1C1(c2noc(-c3n[nH]c4c3CCC4)n2)CC1.O=C(O)C1CCCCC1. The van der Waals surface area contributed by atoms with Gasteiger partial charge in [0.2, 0.25) is 0 Å². The van der Waals surface area contributed by atoms with Crippen LogP contribution in [0.1, 0.15) is 79.6 Å². The van der Waals surface area contributed by atoms with Crippen molar-refractivity contribution in [2.45, 2.75) is 76.5 Å². The van der Waals surface area contributed by atoms with Gasteiger partial charge in [0.05, 0.1) is 11.3 Å². The molecule has 2 aromatic heterocycles. The van der Waals surface area contributed by atoms with Crippen molar-refractivity contribution < 1.29 is 14.4 Å². The molecule has 2 heterocycles. The molecule has 0 atom stereocenters. The molecule has 0 radical (unpaired) electrons. The first kappa shape index (κ1) is 20.9. The fourth-order valence-electron chi connectivity index (χ4n) is 5.21. The van der Waals surface area contributed by atoms with Gasteiger partial charge in [0.15, 0.2) is 11.5 Å². The molecule has 0 aliphatic heterocycles. The van der Waals surface area contributed by atoms with Gasteiger partial charge in [-0.2, -0.15) is 10.1 Å². The summed E-state index contributed by atoms with van der Waals surface area (Å²) >= 11 is 0. The maximum Gasteiger partial charge on any atom is 0.306 e. The molecule has 2 N–H and O–H groups in total. The summed E-state index contributed by atoms with van der Waals surface area (Å²) < 4.78 is 5.58. The summed E-state index contributed by atoms with van der Waals surface area (Å²) in [7, 11) is 0. The van der Waals surface area contributed by atoms with E-state index < -0.39 is 5.97 Å². The first-order valence-electron chi connectivity index (χ1n) is 11.8. The van der Waals surface area contributed by atoms with E-state index in [1.165, 1.54) is 35.2 Å². The van der Waals surface area contributed by atoms with Crippen molar-refractivity contribution in [2.24, 2.45) is 5.92 Å². The Bertz CT molecular complexity index is 1110. The highest BCUT2D eigenvalue weighted by Crippen LogP contribution is 2.53. The zero-order chi connectivity index (χ0) is 22.1. The van der Waals surface area contributed by atoms with Crippen LogP contribution in [0, 0.1) is 12.8 Å². The van der Waals surface area contributed by atoms with Gasteiger partial charge in [-0.05, 0) is 63.0 Å². The number of carboxylic acid groups (broad SMARTS) is 1. The lowest BCUT2D eigenvalue weighted by atomic mass is 9.90. The smallest absolute Gasteiger partial charge is 0.306 e. The summed E-state index contributed by atoms with van der Waals surface area (Å²) in [6.07, 6.45) is 10.7. The van der Waals surface area contributed by atoms with Crippen molar-refractivity contribution in [3.63, 3.8) is 0 Å². The molecule has 3 aliphatic carbocycles. The molecule has 6 rings (SSSR count). The van der Waals surface area contributed by atoms with E-state index >= 15 is 0 Å². The highest BCUT2D eigenvalue weighted by atomic mass is 16.5. The van der Waals surface area contributed by atoms with Crippen LogP contribution in [0.4, 0.5) is 0 Å². The van der Waals surface area contributed by atoms with Crippen molar-refractivity contribution in [1.82, 2.24) is 20.3 Å². The minimum atomic E-state index is -0.602. The van der Waals surface area contributed by atoms with Gasteiger partial charge in [0, 0.05) is 11.3 Å². The Morgan fingerprint density at radius 1 is 1.12 bits per heavy atom. The minimum Gasteiger partial charge on any atom is -0.481 e. The maximum absolute atomic E-state index is 10.4. The van der Waals surface area contributed by atoms with Crippen LogP contribution in [0.15, 0.2) is 28.8 Å². The lowest BCUT2D eigenvalue weighted by molar-refractivity contribution is -0.142. The molecule has 0 amide bonds. The summed E-state index contributed by atoms with van der Waals surface area (Å²) in [5.41, 5.74) is 5.86. The van der Waals surface area contributed by atoms with Gasteiger partial charge in [0.1, 0.15) is 0 Å². The molecule has 32 heavy (non-hydrogen) atoms. The quantitative estimate of drug-likeness (QED) is 0.599. The Labute approximate surface area is 187 Å². The number of nitrogens with one attached hydrogen (secondary N) is 1. The molecule has 1 aromatic carbocycles. The molecule has 168 valence electrons. The molecule has 2 fully saturated rings. The number of nitrogens with zero attached hydrogens (tertiary/aromatic N) is 3. The number of aromatic amines is 1. The Morgan fingerprint density at radius 2 is 1.91 bits per heavy atom. The molecule has 7 heteroatoms. The van der Waals surface area contributed by atoms with E-state index in [0.29, 0.717) is 5.89 Å². The summed E-state index contributed by atoms with van der Waals surface area (Å²) in [5.74, 6) is 0.726. The molecule has 2 saturated carbocycles. The minimum absolute atomic E-state index is 0.0289. The maximum atomic E-state index is 10.4. The molecule has 7 nitrogen and oxygen atoms in total. The second-order valence-corrected chi connectivity index (χ2v) is 9.38. The van der Waals surface area contributed by atoms with Gasteiger partial charge in [-0.3, -0.25) is 9.89 Å². The van der Waals surface area contributed by atoms with E-state index in [1.54, 1.807) is 0 Å². The zero-order valence-electron chi connectivity index (χ0n) is 18.6. The van der Waals surface area contributed by atoms with E-state index in [1.807, 2.05) is 0 Å². The van der Waals surface area contributed by atoms with Crippen LogP contribution in [0.2, 0.25) is 0 Å². The highest BCUT2D eigenvalue weighted by molar-refractivity contribution is 5.69. The first-order valence-corrected chi connectivity index (χ1v) is 11.8. The standard InChI is InChI=1S/C18H18N4O.C7H12O2/c1-11-5-2-3-7-13(11)18(9-10-18)17-19-16(23-22-17)15-12-6-4-8-14(12)20-21-15;8-7(9)6-4-2-1-3-5-6/h2-3,5,7H,4,6,8-10H2,1H3,(H,20,21);6H,1-5H2,(H,8,9). The van der Waals surface area contributed by atoms with Gasteiger partial charge in [0.25, 0.3) is 5.89 Å². The predicted octanol–water partition coefficient (Wildman–Crippen LogP) is 4.99. The summed E-state index contributed by atoms with van der Waals surface area (Å²) in [6.45, 7) is 2.15. The van der Waals surface area contributed by atoms with E-state index in [2.05, 4.69) is 46.5 Å². The van der Waals surface area contributed by atoms with Crippen LogP contribution in [0.3, 0.4) is 0 Å². The molecule has 3 aliphatic rings. The van der Waals surface area contributed by atoms with E-state index in [-0.39, 0.29) is 11.3 Å². The normalized spacial score (nSPS) is 19.2. The number of hydrogen-bond acceptors (Lipinski definition) is 5. The second kappa shape index (κ2) is 8.52. The Balaban J connectivity index is 0.000000203. The number of aromatic nitrogens is 4. The third kappa shape index (κ3) is 3.85. The van der Waals surface area contributed by atoms with E-state index in [4.69, 9.17) is 14.6 Å². The molecule has 0 bridgehead atoms. The van der Waals surface area contributed by atoms with Crippen LogP contribution in [-0.2, 0) is 23.1 Å². The van der Waals surface area contributed by atoms with Crippen molar-refractivity contribution in [3.8, 4) is 11.6 Å². The number of carbonyl (C=O) groups is 1. The topological polar surface area (TPSA) is 105 Å². The molecular formula is C25H30N4O3. The zero-order valence-corrected chi connectivity index (χ0v) is 18.6. The third-order valence-corrected chi connectivity index (χ3v) is 7.23. The number of aryl methyl sites for hydroxylation is 2. The Kier molecular flexibility index (Phi) is 5.57. The van der Waals surface area contributed by atoms with Crippen LogP contribution in [0.5, 0.6) is 0 Å². The van der Waals surface area contributed by atoms with E-state index in [0.717, 1.165) is 62.9 Å². The number of hydrogen-bond donors (Lipinski definition) is 2. The van der Waals surface area contributed by atoms with Crippen molar-refractivity contribution in [1.29, 1.82) is 0 Å². The average molecular weight is 435 g/mol. The van der Waals surface area contributed by atoms with Crippen LogP contribution < -0.4 is 0 Å². The summed E-state index contributed by atoms with van der Waals surface area (Å²) in [4.78, 5) is 15.1. The number of aliphatic carboxylic acids is 1. The second-order valence-electron chi connectivity index (χ2n) is 9.38. The van der Waals surface area contributed by atoms with Crippen LogP contribution >= 0.6 is 0 Å². The average Bonchev–Trinajstić information content (AvgIpc) is 3.14. The van der Waals surface area contributed by atoms with Gasteiger partial charge in [-0.1, -0.05) is 48.7 Å². The molecule has 0 spiro atoms. The van der Waals surface area contributed by atoms with Gasteiger partial charge >= 0.3 is 5.97 Å². The molecular weight excluding hydrogens is 404 g/mol. The van der Waals surface area contributed by atoms with Gasteiger partial charge in [-0.15, -0.1) is 0 Å². The lowest BCUT2D eigenvalue weighted by Gasteiger charge is -2.16. The first-order chi connectivity index (χ1) is 15.6. The van der Waals surface area contributed by atoms with Gasteiger partial charge < -0.3 is 9.63 Å². The van der Waals surface area contributed by atoms with Crippen molar-refractivity contribution in [3.05, 3.63) is 52.5 Å². The number of rotatable bonds is 4. The van der Waals surface area contributed by atoms with Gasteiger partial charge in [-0.25, -0.2) is 0 Å². The Hall–Kier alpha value is -2.96. The van der Waals surface area contributed by atoms with Crippen molar-refractivity contribution >= 4 is 5.97 Å². The van der Waals surface area contributed by atoms with Crippen molar-refractivity contribution in [2.75, 3.05) is 0 Å². The molecule has 0 saturated heterocycles. The predicted molar refractivity (Wildman–Crippen MR) is 119 cm³/mol. The highest BCUT2D eigenvalue weighted by Gasteiger charge is 2.50. The lowest BCUT2D eigenvalue weighted by Crippen LogP contribution is -2.16. The summed E-state index contributed by atoms with van der Waals surface area (Å²) in [6, 6.07) is 8.50. The van der Waals surface area contributed by atoms with E-state index in [9.17, 15) is 4.79 Å². The van der Waals surface area contributed by atoms with Crippen LogP contribution in [0.25, 0.3) is 11.6 Å². The summed E-state index contributed by atoms with van der Waals surface area (Å²) in [5, 5.41) is 20.4. The molecule has 0 unspecified atom stereocenters. The number of fused-ring (bicyclic) bond motifs is 1. The number of H-pyrrole nitrogens is 1. The number of carboxylic acids is 1.